The normalized spacial score (nSPS) is 11.5. The molecule has 8 nitrogen and oxygen atoms in total. The van der Waals surface area contributed by atoms with Crippen LogP contribution in [0.2, 0.25) is 0 Å². The van der Waals surface area contributed by atoms with Gasteiger partial charge in [0.15, 0.2) is 0 Å². The van der Waals surface area contributed by atoms with E-state index in [0.29, 0.717) is 0 Å². The summed E-state index contributed by atoms with van der Waals surface area (Å²) in [4.78, 5) is 0. The number of nitrogens with one attached hydrogen (secondary N) is 2. The van der Waals surface area contributed by atoms with E-state index in [2.05, 4.69) is 10.2 Å². The lowest BCUT2D eigenvalue weighted by molar-refractivity contribution is 0.557. The molecule has 0 bridgehead atoms. The average molecular weight is 234 g/mol. The quantitative estimate of drug-likeness (QED) is 0.282. The van der Waals surface area contributed by atoms with Gasteiger partial charge in [0.1, 0.15) is 22.7 Å². The Labute approximate surface area is 94.8 Å². The Balaban J connectivity index is -0.000000845. The monoisotopic (exact) mass is 234 g/mol. The molecule has 96 valence electrons. The third kappa shape index (κ3) is 5.37. The highest BCUT2D eigenvalue weighted by molar-refractivity contribution is 5.87. The molecule has 0 aromatic heterocycles. The maximum Gasteiger partial charge on any atom is 0.132 e. The molecule has 0 aliphatic rings. The second-order valence-corrected chi connectivity index (χ2v) is 4.15. The zero-order valence-electron chi connectivity index (χ0n) is 10.0. The third-order valence-electron chi connectivity index (χ3n) is 1.87. The Hall–Kier alpha value is -1.54. The molecular formula is C8H22N6O2. The van der Waals surface area contributed by atoms with Crippen LogP contribution in [0, 0.1) is 10.8 Å². The van der Waals surface area contributed by atoms with Gasteiger partial charge in [-0.05, 0) is 27.7 Å². The smallest absolute Gasteiger partial charge is 0.132 e. The van der Waals surface area contributed by atoms with Crippen LogP contribution in [0.25, 0.3) is 0 Å². The first-order chi connectivity index (χ1) is 6.09. The summed E-state index contributed by atoms with van der Waals surface area (Å²) >= 11 is 0. The van der Waals surface area contributed by atoms with Crippen LogP contribution in [0.3, 0.4) is 0 Å². The Kier molecular flexibility index (Phi) is 7.65. The lowest BCUT2D eigenvalue weighted by Gasteiger charge is -2.20. The van der Waals surface area contributed by atoms with Crippen LogP contribution in [0.5, 0.6) is 0 Å². The van der Waals surface area contributed by atoms with Gasteiger partial charge in [-0.15, -0.1) is 0 Å². The summed E-state index contributed by atoms with van der Waals surface area (Å²) in [5.41, 5.74) is 8.96. The zero-order chi connectivity index (χ0) is 11.6. The van der Waals surface area contributed by atoms with Crippen molar-refractivity contribution in [1.29, 1.82) is 10.8 Å². The van der Waals surface area contributed by atoms with E-state index >= 15 is 0 Å². The summed E-state index contributed by atoms with van der Waals surface area (Å²) in [5, 5.41) is 22.3. The van der Waals surface area contributed by atoms with Crippen LogP contribution >= 0.6 is 0 Å². The van der Waals surface area contributed by atoms with Gasteiger partial charge in [-0.1, -0.05) is 0 Å². The Morgan fingerprint density at radius 3 is 1.12 bits per heavy atom. The van der Waals surface area contributed by atoms with Gasteiger partial charge < -0.3 is 22.4 Å². The molecule has 0 aliphatic carbocycles. The highest BCUT2D eigenvalue weighted by Gasteiger charge is 2.25. The van der Waals surface area contributed by atoms with Crippen LogP contribution in [0.1, 0.15) is 27.7 Å². The first-order valence-electron chi connectivity index (χ1n) is 4.22. The summed E-state index contributed by atoms with van der Waals surface area (Å²) in [5.74, 6) is -0.138. The Morgan fingerprint density at radius 1 is 0.812 bits per heavy atom. The molecule has 0 aromatic carbocycles. The molecule has 0 saturated heterocycles. The summed E-state index contributed by atoms with van der Waals surface area (Å²) in [6, 6.07) is 0. The minimum Gasteiger partial charge on any atom is -0.412 e. The third-order valence-corrected chi connectivity index (χ3v) is 1.87. The molecule has 0 unspecified atom stereocenters. The first-order valence-corrected chi connectivity index (χ1v) is 4.22. The molecule has 0 aromatic rings. The standard InChI is InChI=1S/C8H18N6.2H2O/c1-7(2,5(9)10)13-14-8(3,4)6(11)12;;/h1-4H3,(H3,9,10)(H3,11,12);2*1H2/b14-13+;;. The predicted octanol–water partition coefficient (Wildman–Crippen LogP) is -0.782. The summed E-state index contributed by atoms with van der Waals surface area (Å²) in [6.45, 7) is 6.70. The van der Waals surface area contributed by atoms with E-state index in [-0.39, 0.29) is 22.6 Å². The van der Waals surface area contributed by atoms with E-state index in [1.807, 2.05) is 0 Å². The molecule has 0 spiro atoms. The minimum absolute atomic E-state index is 0. The van der Waals surface area contributed by atoms with Crippen molar-refractivity contribution in [2.24, 2.45) is 21.7 Å². The fourth-order valence-corrected chi connectivity index (χ4v) is 0.358. The van der Waals surface area contributed by atoms with Crippen molar-refractivity contribution in [3.8, 4) is 0 Å². The molecule has 0 aliphatic heterocycles. The van der Waals surface area contributed by atoms with Crippen LogP contribution in [-0.4, -0.2) is 33.7 Å². The topological polar surface area (TPSA) is 187 Å². The van der Waals surface area contributed by atoms with E-state index < -0.39 is 11.1 Å². The van der Waals surface area contributed by atoms with Crippen LogP contribution in [0.4, 0.5) is 0 Å². The molecule has 0 atom stereocenters. The number of hydrogen-bond acceptors (Lipinski definition) is 4. The number of hydrogen-bond donors (Lipinski definition) is 4. The number of nitrogens with two attached hydrogens (primary N) is 2. The Morgan fingerprint density at radius 2 is 1.00 bits per heavy atom. The van der Waals surface area contributed by atoms with Gasteiger partial charge in [-0.3, -0.25) is 10.8 Å². The predicted molar refractivity (Wildman–Crippen MR) is 64.1 cm³/mol. The van der Waals surface area contributed by atoms with Crippen molar-refractivity contribution in [2.75, 3.05) is 0 Å². The van der Waals surface area contributed by atoms with Crippen LogP contribution < -0.4 is 11.5 Å². The van der Waals surface area contributed by atoms with Gasteiger partial charge >= 0.3 is 0 Å². The number of amidine groups is 2. The number of rotatable bonds is 4. The summed E-state index contributed by atoms with van der Waals surface area (Å²) in [7, 11) is 0. The van der Waals surface area contributed by atoms with Gasteiger partial charge in [-0.2, -0.15) is 10.2 Å². The van der Waals surface area contributed by atoms with Crippen LogP contribution in [-0.2, 0) is 0 Å². The van der Waals surface area contributed by atoms with Gasteiger partial charge in [0.25, 0.3) is 0 Å². The van der Waals surface area contributed by atoms with Gasteiger partial charge in [0, 0.05) is 0 Å². The second kappa shape index (κ2) is 6.13. The molecule has 0 amide bonds. The number of azo groups is 1. The van der Waals surface area contributed by atoms with E-state index in [9.17, 15) is 0 Å². The molecule has 0 heterocycles. The largest absolute Gasteiger partial charge is 0.412 e. The molecule has 0 fully saturated rings. The summed E-state index contributed by atoms with van der Waals surface area (Å²) < 4.78 is 0. The first kappa shape index (κ1) is 19.9. The van der Waals surface area contributed by atoms with Crippen molar-refractivity contribution >= 4 is 11.7 Å². The molecule has 8 heteroatoms. The second-order valence-electron chi connectivity index (χ2n) is 4.15. The van der Waals surface area contributed by atoms with E-state index in [4.69, 9.17) is 22.3 Å². The number of nitrogens with zero attached hydrogens (tertiary/aromatic N) is 2. The lowest BCUT2D eigenvalue weighted by Crippen LogP contribution is -2.38. The molecule has 0 rings (SSSR count). The average Bonchev–Trinajstić information content (AvgIpc) is 2.01. The maximum absolute atomic E-state index is 7.25. The lowest BCUT2D eigenvalue weighted by atomic mass is 10.1. The SMILES string of the molecule is CC(C)(/N=N/C(C)(C)C(=N)N)C(=N)N.O.O. The van der Waals surface area contributed by atoms with E-state index in [0.717, 1.165) is 0 Å². The van der Waals surface area contributed by atoms with Crippen LogP contribution in [0.15, 0.2) is 10.2 Å². The van der Waals surface area contributed by atoms with Crippen molar-refractivity contribution in [2.45, 2.75) is 38.8 Å². The molecule has 10 N–H and O–H groups in total. The minimum atomic E-state index is -0.841. The zero-order valence-corrected chi connectivity index (χ0v) is 10.0. The molecule has 0 radical (unpaired) electrons. The Bertz CT molecular complexity index is 256. The van der Waals surface area contributed by atoms with Gasteiger partial charge in [0.05, 0.1) is 0 Å². The molecular weight excluding hydrogens is 212 g/mol. The van der Waals surface area contributed by atoms with E-state index in [1.54, 1.807) is 27.7 Å². The fourth-order valence-electron chi connectivity index (χ4n) is 0.358. The van der Waals surface area contributed by atoms with Crippen molar-refractivity contribution in [3.05, 3.63) is 0 Å². The molecule has 0 saturated carbocycles. The van der Waals surface area contributed by atoms with Crippen molar-refractivity contribution in [1.82, 2.24) is 0 Å². The molecule has 16 heavy (non-hydrogen) atoms. The van der Waals surface area contributed by atoms with Crippen molar-refractivity contribution < 1.29 is 11.0 Å². The maximum atomic E-state index is 7.25. The van der Waals surface area contributed by atoms with Gasteiger partial charge in [0.2, 0.25) is 0 Å². The highest BCUT2D eigenvalue weighted by Crippen LogP contribution is 2.15. The van der Waals surface area contributed by atoms with E-state index in [1.165, 1.54) is 0 Å². The fraction of sp³-hybridized carbons (Fsp3) is 0.750. The summed E-state index contributed by atoms with van der Waals surface area (Å²) in [6.07, 6.45) is 0. The van der Waals surface area contributed by atoms with Crippen molar-refractivity contribution in [3.63, 3.8) is 0 Å². The van der Waals surface area contributed by atoms with Gasteiger partial charge in [-0.25, -0.2) is 0 Å². The highest BCUT2D eigenvalue weighted by atomic mass is 16.0.